The molecule has 1 aliphatic heterocycles. The van der Waals surface area contributed by atoms with Crippen molar-refractivity contribution in [3.8, 4) is 0 Å². The van der Waals surface area contributed by atoms with Gasteiger partial charge in [-0.05, 0) is 25.7 Å². The molecule has 0 amide bonds. The lowest BCUT2D eigenvalue weighted by Gasteiger charge is -2.35. The van der Waals surface area contributed by atoms with Gasteiger partial charge in [-0.15, -0.1) is 0 Å². The Labute approximate surface area is 103 Å². The molecule has 1 unspecified atom stereocenters. The second kappa shape index (κ2) is 4.84. The Hall–Kier alpha value is 0.220. The number of hydrogen-bond donors (Lipinski definition) is 1. The average Bonchev–Trinajstić information content (AvgIpc) is 3.01. The summed E-state index contributed by atoms with van der Waals surface area (Å²) in [4.78, 5) is 2.20. The van der Waals surface area contributed by atoms with Crippen LogP contribution < -0.4 is 0 Å². The third kappa shape index (κ3) is 3.12. The molecule has 2 aliphatic rings. The van der Waals surface area contributed by atoms with Crippen molar-refractivity contribution in [2.24, 2.45) is 5.92 Å². The highest BCUT2D eigenvalue weighted by Crippen LogP contribution is 2.31. The third-order valence-corrected chi connectivity index (χ3v) is 5.71. The lowest BCUT2D eigenvalue weighted by atomic mass is 10.4. The summed E-state index contributed by atoms with van der Waals surface area (Å²) in [5.74, 6) is 0.801. The van der Waals surface area contributed by atoms with E-state index in [9.17, 15) is 8.42 Å². The molecule has 4 nitrogen and oxygen atoms in total. The third-order valence-electron chi connectivity index (χ3n) is 3.34. The second-order valence-electron chi connectivity index (χ2n) is 4.79. The first-order chi connectivity index (χ1) is 7.49. The molecule has 1 aliphatic carbocycles. The van der Waals surface area contributed by atoms with Crippen molar-refractivity contribution >= 4 is 22.7 Å². The molecule has 1 atom stereocenters. The topological polar surface area (TPSA) is 40.6 Å². The molecule has 1 saturated carbocycles. The number of thiol groups is 1. The zero-order valence-electron chi connectivity index (χ0n) is 9.67. The Bertz CT molecular complexity index is 331. The molecule has 1 saturated heterocycles. The number of rotatable bonds is 4. The normalized spacial score (nSPS) is 26.9. The summed E-state index contributed by atoms with van der Waals surface area (Å²) in [6.07, 6.45) is 2.18. The first-order valence-corrected chi connectivity index (χ1v) is 8.01. The number of nitrogens with zero attached hydrogens (tertiary/aromatic N) is 2. The van der Waals surface area contributed by atoms with E-state index in [0.29, 0.717) is 24.8 Å². The molecule has 0 spiro atoms. The van der Waals surface area contributed by atoms with Gasteiger partial charge in [-0.2, -0.15) is 16.9 Å². The van der Waals surface area contributed by atoms with Crippen LogP contribution >= 0.6 is 12.6 Å². The van der Waals surface area contributed by atoms with Crippen LogP contribution in [-0.4, -0.2) is 54.9 Å². The van der Waals surface area contributed by atoms with Crippen LogP contribution in [0.2, 0.25) is 0 Å². The van der Waals surface area contributed by atoms with Gasteiger partial charge in [0.25, 0.3) is 0 Å². The van der Waals surface area contributed by atoms with E-state index in [2.05, 4.69) is 17.5 Å². The molecule has 0 N–H and O–H groups in total. The fourth-order valence-electron chi connectivity index (χ4n) is 2.04. The van der Waals surface area contributed by atoms with E-state index in [1.54, 1.807) is 4.31 Å². The summed E-state index contributed by atoms with van der Waals surface area (Å²) in [5.41, 5.74) is 0. The molecule has 6 heteroatoms. The Morgan fingerprint density at radius 2 is 1.81 bits per heavy atom. The first-order valence-electron chi connectivity index (χ1n) is 5.89. The number of piperazine rings is 1. The predicted molar refractivity (Wildman–Crippen MR) is 68.1 cm³/mol. The lowest BCUT2D eigenvalue weighted by Crippen LogP contribution is -2.50. The van der Waals surface area contributed by atoms with Crippen LogP contribution in [0.3, 0.4) is 0 Å². The standard InChI is InChI=1S/C10H20N2O2S2/c1-9(15)11-4-6-12(7-5-11)16(13,14)8-10-2-3-10/h9-10,15H,2-8H2,1H3. The quantitative estimate of drug-likeness (QED) is 0.757. The van der Waals surface area contributed by atoms with Crippen molar-refractivity contribution in [2.75, 3.05) is 31.9 Å². The maximum Gasteiger partial charge on any atom is 0.214 e. The molecule has 2 rings (SSSR count). The molecule has 0 aromatic rings. The number of sulfonamides is 1. The van der Waals surface area contributed by atoms with E-state index in [1.807, 2.05) is 6.92 Å². The van der Waals surface area contributed by atoms with Gasteiger partial charge in [-0.1, -0.05) is 0 Å². The molecule has 0 aromatic heterocycles. The van der Waals surface area contributed by atoms with Crippen LogP contribution in [0.15, 0.2) is 0 Å². The molecule has 0 bridgehead atoms. The number of hydrogen-bond acceptors (Lipinski definition) is 4. The van der Waals surface area contributed by atoms with Gasteiger partial charge in [0, 0.05) is 31.6 Å². The zero-order chi connectivity index (χ0) is 11.8. The van der Waals surface area contributed by atoms with E-state index in [-0.39, 0.29) is 5.37 Å². The van der Waals surface area contributed by atoms with Crippen LogP contribution in [-0.2, 0) is 10.0 Å². The van der Waals surface area contributed by atoms with Crippen LogP contribution in [0.5, 0.6) is 0 Å². The van der Waals surface area contributed by atoms with E-state index in [4.69, 9.17) is 0 Å². The monoisotopic (exact) mass is 264 g/mol. The first kappa shape index (κ1) is 12.7. The van der Waals surface area contributed by atoms with Crippen LogP contribution in [0, 0.1) is 5.92 Å². The molecule has 2 fully saturated rings. The average molecular weight is 264 g/mol. The molecule has 0 aromatic carbocycles. The van der Waals surface area contributed by atoms with E-state index < -0.39 is 10.0 Å². The van der Waals surface area contributed by atoms with Crippen LogP contribution in [0.1, 0.15) is 19.8 Å². The summed E-state index contributed by atoms with van der Waals surface area (Å²) in [6, 6.07) is 0. The summed E-state index contributed by atoms with van der Waals surface area (Å²) in [7, 11) is -2.99. The minimum absolute atomic E-state index is 0.216. The summed E-state index contributed by atoms with van der Waals surface area (Å²) in [6.45, 7) is 4.88. The summed E-state index contributed by atoms with van der Waals surface area (Å²) < 4.78 is 25.7. The molecular formula is C10H20N2O2S2. The molecule has 94 valence electrons. The van der Waals surface area contributed by atoms with Gasteiger partial charge in [0.05, 0.1) is 5.75 Å². The smallest absolute Gasteiger partial charge is 0.214 e. The van der Waals surface area contributed by atoms with E-state index in [1.165, 1.54) is 0 Å². The minimum atomic E-state index is -2.99. The van der Waals surface area contributed by atoms with Gasteiger partial charge in [0.15, 0.2) is 0 Å². The van der Waals surface area contributed by atoms with Crippen molar-refractivity contribution in [3.63, 3.8) is 0 Å². The predicted octanol–water partition coefficient (Wildman–Crippen LogP) is 0.620. The SMILES string of the molecule is CC(S)N1CCN(S(=O)(=O)CC2CC2)CC1. The minimum Gasteiger partial charge on any atom is -0.289 e. The van der Waals surface area contributed by atoms with Gasteiger partial charge < -0.3 is 0 Å². The Morgan fingerprint density at radius 3 is 2.25 bits per heavy atom. The molecule has 16 heavy (non-hydrogen) atoms. The summed E-state index contributed by atoms with van der Waals surface area (Å²) in [5, 5.41) is 0.216. The largest absolute Gasteiger partial charge is 0.289 e. The Kier molecular flexibility index (Phi) is 3.83. The highest BCUT2D eigenvalue weighted by Gasteiger charge is 2.33. The second-order valence-corrected chi connectivity index (χ2v) is 7.55. The van der Waals surface area contributed by atoms with Gasteiger partial charge in [-0.3, -0.25) is 4.90 Å². The highest BCUT2D eigenvalue weighted by molar-refractivity contribution is 7.89. The van der Waals surface area contributed by atoms with Crippen molar-refractivity contribution in [1.29, 1.82) is 0 Å². The van der Waals surface area contributed by atoms with Gasteiger partial charge >= 0.3 is 0 Å². The summed E-state index contributed by atoms with van der Waals surface area (Å²) >= 11 is 4.37. The highest BCUT2D eigenvalue weighted by atomic mass is 32.2. The maximum atomic E-state index is 12.0. The van der Waals surface area contributed by atoms with Crippen molar-refractivity contribution in [1.82, 2.24) is 9.21 Å². The Balaban J connectivity index is 1.87. The fraction of sp³-hybridized carbons (Fsp3) is 1.00. The molecule has 0 radical (unpaired) electrons. The lowest BCUT2D eigenvalue weighted by molar-refractivity contribution is 0.183. The van der Waals surface area contributed by atoms with Crippen molar-refractivity contribution < 1.29 is 8.42 Å². The van der Waals surface area contributed by atoms with Gasteiger partial charge in [0.1, 0.15) is 0 Å². The van der Waals surface area contributed by atoms with Crippen molar-refractivity contribution in [3.05, 3.63) is 0 Å². The van der Waals surface area contributed by atoms with Crippen molar-refractivity contribution in [2.45, 2.75) is 25.1 Å². The van der Waals surface area contributed by atoms with Crippen LogP contribution in [0.4, 0.5) is 0 Å². The van der Waals surface area contributed by atoms with Gasteiger partial charge in [0.2, 0.25) is 10.0 Å². The molecular weight excluding hydrogens is 244 g/mol. The van der Waals surface area contributed by atoms with Crippen LogP contribution in [0.25, 0.3) is 0 Å². The Morgan fingerprint density at radius 1 is 1.25 bits per heavy atom. The molecule has 1 heterocycles. The fourth-order valence-corrected chi connectivity index (χ4v) is 4.13. The maximum absolute atomic E-state index is 12.0. The van der Waals surface area contributed by atoms with E-state index >= 15 is 0 Å². The van der Waals surface area contributed by atoms with E-state index in [0.717, 1.165) is 25.9 Å². The van der Waals surface area contributed by atoms with Gasteiger partial charge in [-0.25, -0.2) is 8.42 Å². The zero-order valence-corrected chi connectivity index (χ0v) is 11.4.